The number of hydrogen-bond acceptors (Lipinski definition) is 10. The van der Waals surface area contributed by atoms with E-state index in [1.807, 2.05) is 0 Å². The van der Waals surface area contributed by atoms with Gasteiger partial charge in [-0.2, -0.15) is 0 Å². The summed E-state index contributed by atoms with van der Waals surface area (Å²) in [5.41, 5.74) is -0.0893. The van der Waals surface area contributed by atoms with E-state index >= 15 is 0 Å². The standard InChI is InChI=1S/C62H80O10/c1-3-5-7-9-11-13-15-17-19-21-23-25-27-29-31-71-37-39-33-41(63)51-55-47(39)48-40(38-72-32-30-28-26-24-22-20-18-16-14-12-10-8-6-4-2)34-42(64)52-56(48)60-58-50(44(66)36-46(68)54(58)62(52)70)49-43(65)35-45(67)53(61(51)69)57(49)59(55)60/h33-36,63,66-70H,3-32,37-38H2,1-2H3. The van der Waals surface area contributed by atoms with Crippen molar-refractivity contribution < 1.29 is 40.1 Å². The Labute approximate surface area is 424 Å². The van der Waals surface area contributed by atoms with Gasteiger partial charge in [0.15, 0.2) is 10.9 Å². The van der Waals surface area contributed by atoms with Gasteiger partial charge in [0.2, 0.25) is 0 Å². The lowest BCUT2D eigenvalue weighted by molar-refractivity contribution is 0.117. The molecule has 72 heavy (non-hydrogen) atoms. The van der Waals surface area contributed by atoms with Gasteiger partial charge in [-0.1, -0.05) is 181 Å². The summed E-state index contributed by atoms with van der Waals surface area (Å²) in [4.78, 5) is 28.6. The number of benzene rings is 8. The van der Waals surface area contributed by atoms with Crippen LogP contribution in [0.25, 0.3) is 75.4 Å². The quantitative estimate of drug-likeness (QED) is 0.0130. The molecule has 0 radical (unpaired) electrons. The van der Waals surface area contributed by atoms with Crippen molar-refractivity contribution in [3.63, 3.8) is 0 Å². The maximum atomic E-state index is 14.5. The molecule has 0 aliphatic rings. The molecule has 0 aromatic heterocycles. The smallest absolute Gasteiger partial charge is 0.190 e. The van der Waals surface area contributed by atoms with Gasteiger partial charge in [0.25, 0.3) is 0 Å². The van der Waals surface area contributed by atoms with Crippen LogP contribution in [-0.4, -0.2) is 43.9 Å². The lowest BCUT2D eigenvalue weighted by atomic mass is 9.77. The molecule has 0 atom stereocenters. The molecule has 0 fully saturated rings. The molecule has 8 rings (SSSR count). The second-order valence-corrected chi connectivity index (χ2v) is 21.1. The Morgan fingerprint density at radius 1 is 0.292 bits per heavy atom. The predicted molar refractivity (Wildman–Crippen MR) is 296 cm³/mol. The van der Waals surface area contributed by atoms with Crippen molar-refractivity contribution in [1.82, 2.24) is 0 Å². The van der Waals surface area contributed by atoms with E-state index in [9.17, 15) is 40.2 Å². The predicted octanol–water partition coefficient (Wildman–Crippen LogP) is 16.5. The van der Waals surface area contributed by atoms with Gasteiger partial charge < -0.3 is 40.1 Å². The average molecular weight is 985 g/mol. The van der Waals surface area contributed by atoms with Gasteiger partial charge in [-0.15, -0.1) is 0 Å². The maximum absolute atomic E-state index is 14.5. The fourth-order valence-corrected chi connectivity index (χ4v) is 12.1. The number of rotatable bonds is 34. The molecule has 0 heterocycles. The molecule has 0 amide bonds. The molecular weight excluding hydrogens is 905 g/mol. The fourth-order valence-electron chi connectivity index (χ4n) is 12.1. The van der Waals surface area contributed by atoms with Crippen molar-refractivity contribution in [3.8, 4) is 34.5 Å². The Balaban J connectivity index is 1.07. The van der Waals surface area contributed by atoms with Crippen LogP contribution in [-0.2, 0) is 22.7 Å². The Kier molecular flexibility index (Phi) is 18.5. The van der Waals surface area contributed by atoms with Gasteiger partial charge >= 0.3 is 0 Å². The summed E-state index contributed by atoms with van der Waals surface area (Å²) in [7, 11) is 0. The van der Waals surface area contributed by atoms with Crippen molar-refractivity contribution in [3.05, 3.63) is 55.8 Å². The summed E-state index contributed by atoms with van der Waals surface area (Å²) in [6, 6.07) is 4.99. The van der Waals surface area contributed by atoms with Crippen LogP contribution in [0.2, 0.25) is 0 Å². The van der Waals surface area contributed by atoms with Gasteiger partial charge in [0.1, 0.15) is 34.5 Å². The summed E-state index contributed by atoms with van der Waals surface area (Å²) >= 11 is 0. The van der Waals surface area contributed by atoms with E-state index in [-0.39, 0.29) is 62.1 Å². The van der Waals surface area contributed by atoms with Crippen LogP contribution in [0.4, 0.5) is 0 Å². The van der Waals surface area contributed by atoms with E-state index in [2.05, 4.69) is 13.8 Å². The van der Waals surface area contributed by atoms with Crippen LogP contribution in [0.3, 0.4) is 0 Å². The molecule has 0 aliphatic carbocycles. The van der Waals surface area contributed by atoms with E-state index in [1.165, 1.54) is 147 Å². The molecular formula is C62H80O10. The molecule has 0 saturated heterocycles. The van der Waals surface area contributed by atoms with E-state index in [0.717, 1.165) is 50.7 Å². The van der Waals surface area contributed by atoms with E-state index < -0.39 is 39.6 Å². The first kappa shape index (κ1) is 53.0. The van der Waals surface area contributed by atoms with Gasteiger partial charge in [0.05, 0.1) is 34.8 Å². The van der Waals surface area contributed by atoms with Gasteiger partial charge in [0, 0.05) is 68.4 Å². The summed E-state index contributed by atoms with van der Waals surface area (Å²) in [6.45, 7) is 5.55. The molecule has 0 bridgehead atoms. The van der Waals surface area contributed by atoms with Crippen LogP contribution in [0.15, 0.2) is 33.9 Å². The highest BCUT2D eigenvalue weighted by Gasteiger charge is 2.34. The lowest BCUT2D eigenvalue weighted by Crippen LogP contribution is -2.10. The third kappa shape index (κ3) is 11.0. The van der Waals surface area contributed by atoms with Crippen molar-refractivity contribution in [2.24, 2.45) is 0 Å². The number of phenolic OH excluding ortho intramolecular Hbond substituents is 6. The Bertz CT molecular complexity index is 3140. The van der Waals surface area contributed by atoms with Crippen molar-refractivity contribution in [2.75, 3.05) is 13.2 Å². The van der Waals surface area contributed by atoms with E-state index in [0.29, 0.717) is 56.7 Å². The van der Waals surface area contributed by atoms with Gasteiger partial charge in [-0.25, -0.2) is 0 Å². The van der Waals surface area contributed by atoms with Gasteiger partial charge in [-0.05, 0) is 46.9 Å². The number of unbranched alkanes of at least 4 members (excludes halogenated alkanes) is 26. The van der Waals surface area contributed by atoms with E-state index in [4.69, 9.17) is 9.47 Å². The third-order valence-electron chi connectivity index (χ3n) is 15.8. The van der Waals surface area contributed by atoms with Crippen molar-refractivity contribution in [1.29, 1.82) is 0 Å². The normalized spacial score (nSPS) is 12.4. The first-order valence-electron chi connectivity index (χ1n) is 28.1. The topological polar surface area (TPSA) is 174 Å². The molecule has 6 N–H and O–H groups in total. The van der Waals surface area contributed by atoms with E-state index in [1.54, 1.807) is 6.07 Å². The van der Waals surface area contributed by atoms with Crippen LogP contribution in [0.1, 0.15) is 205 Å². The Morgan fingerprint density at radius 2 is 0.583 bits per heavy atom. The minimum Gasteiger partial charge on any atom is -0.507 e. The highest BCUT2D eigenvalue weighted by Crippen LogP contribution is 2.60. The number of hydrogen-bond donors (Lipinski definition) is 6. The molecule has 0 saturated carbocycles. The Hall–Kier alpha value is -5.32. The molecule has 0 unspecified atom stereocenters. The first-order chi connectivity index (χ1) is 35.1. The van der Waals surface area contributed by atoms with Crippen LogP contribution in [0, 0.1) is 0 Å². The monoisotopic (exact) mass is 985 g/mol. The molecule has 10 nitrogen and oxygen atoms in total. The number of aromatic hydroxyl groups is 6. The number of phenols is 6. The second-order valence-electron chi connectivity index (χ2n) is 21.1. The lowest BCUT2D eigenvalue weighted by Gasteiger charge is -2.26. The summed E-state index contributed by atoms with van der Waals surface area (Å²) in [5.74, 6) is -2.71. The highest BCUT2D eigenvalue weighted by molar-refractivity contribution is 6.51. The minimum absolute atomic E-state index is 0.00515. The zero-order valence-corrected chi connectivity index (χ0v) is 43.3. The largest absolute Gasteiger partial charge is 0.507 e. The van der Waals surface area contributed by atoms with Crippen LogP contribution >= 0.6 is 0 Å². The van der Waals surface area contributed by atoms with Gasteiger partial charge in [-0.3, -0.25) is 9.59 Å². The minimum atomic E-state index is -0.665. The zero-order valence-electron chi connectivity index (χ0n) is 43.3. The molecule has 0 aliphatic heterocycles. The first-order valence-corrected chi connectivity index (χ1v) is 28.1. The number of fused-ring (bicyclic) bond motifs is 2. The van der Waals surface area contributed by atoms with Crippen molar-refractivity contribution >= 4 is 75.4 Å². The highest BCUT2D eigenvalue weighted by atomic mass is 16.5. The zero-order chi connectivity index (χ0) is 50.7. The molecule has 8 aromatic rings. The fraction of sp³-hybridized carbons (Fsp3) is 0.548. The van der Waals surface area contributed by atoms with Crippen molar-refractivity contribution in [2.45, 2.75) is 207 Å². The molecule has 10 heteroatoms. The SMILES string of the molecule is CCCCCCCCCCCCCCCCOCc1cc(O)c2c(O)c3c(O)cc(=O)c4c5c(O)cc(O)c6c(O)c7c(=O)cc(COCCCCCCCCCCCCCCCC)c8c1c2c(c34)c(c65)c78. The third-order valence-corrected chi connectivity index (χ3v) is 15.8. The second kappa shape index (κ2) is 25.1. The molecule has 0 spiro atoms. The number of ether oxygens (including phenoxy) is 2. The Morgan fingerprint density at radius 3 is 1.03 bits per heavy atom. The maximum Gasteiger partial charge on any atom is 0.190 e. The molecule has 8 aromatic carbocycles. The molecule has 388 valence electrons. The van der Waals surface area contributed by atoms with Crippen LogP contribution in [0.5, 0.6) is 34.5 Å². The van der Waals surface area contributed by atoms with Crippen LogP contribution < -0.4 is 10.9 Å². The summed E-state index contributed by atoms with van der Waals surface area (Å²) in [5, 5.41) is 73.2. The average Bonchev–Trinajstić information content (AvgIpc) is 3.35. The summed E-state index contributed by atoms with van der Waals surface area (Å²) in [6.07, 6.45) is 34.7. The summed E-state index contributed by atoms with van der Waals surface area (Å²) < 4.78 is 12.8.